The van der Waals surface area contributed by atoms with Crippen LogP contribution in [-0.2, 0) is 0 Å². The first-order chi connectivity index (χ1) is 8.36. The summed E-state index contributed by atoms with van der Waals surface area (Å²) in [6, 6.07) is 11.6. The lowest BCUT2D eigenvalue weighted by Crippen LogP contribution is -2.22. The van der Waals surface area contributed by atoms with Crippen LogP contribution >= 0.6 is 11.8 Å². The largest absolute Gasteiger partial charge is 0.362 e. The summed E-state index contributed by atoms with van der Waals surface area (Å²) in [6.07, 6.45) is 2.61. The van der Waals surface area contributed by atoms with Crippen molar-refractivity contribution in [3.8, 4) is 0 Å². The first kappa shape index (κ1) is 11.1. The molecule has 90 valence electrons. The average Bonchev–Trinajstić information content (AvgIpc) is 2.96. The molecule has 0 amide bonds. The molecule has 17 heavy (non-hydrogen) atoms. The van der Waals surface area contributed by atoms with Gasteiger partial charge in [0, 0.05) is 11.8 Å². The Bertz CT molecular complexity index is 415. The van der Waals surface area contributed by atoms with Gasteiger partial charge >= 0.3 is 0 Å². The fourth-order valence-corrected chi connectivity index (χ4v) is 3.35. The molecule has 1 saturated carbocycles. The molecule has 3 heteroatoms. The van der Waals surface area contributed by atoms with Crippen molar-refractivity contribution in [3.05, 3.63) is 35.9 Å². The van der Waals surface area contributed by atoms with Crippen molar-refractivity contribution in [2.75, 3.05) is 5.75 Å². The summed E-state index contributed by atoms with van der Waals surface area (Å²) in [4.78, 5) is 4.78. The lowest BCUT2D eigenvalue weighted by atomic mass is 10.1. The Hall–Kier alpha value is -0.960. The zero-order chi connectivity index (χ0) is 11.7. The lowest BCUT2D eigenvalue weighted by Gasteiger charge is -2.04. The van der Waals surface area contributed by atoms with E-state index >= 15 is 0 Å². The molecule has 1 heterocycles. The minimum absolute atomic E-state index is 0.350. The highest BCUT2D eigenvalue weighted by atomic mass is 32.2. The first-order valence-electron chi connectivity index (χ1n) is 6.39. The van der Waals surface area contributed by atoms with Crippen LogP contribution in [-0.4, -0.2) is 17.0 Å². The smallest absolute Gasteiger partial charge is 0.157 e. The van der Waals surface area contributed by atoms with Gasteiger partial charge in [0.1, 0.15) is 0 Å². The third-order valence-electron chi connectivity index (χ3n) is 3.59. The number of hydrogen-bond acceptors (Lipinski definition) is 3. The fraction of sp³-hybridized carbons (Fsp3) is 0.500. The quantitative estimate of drug-likeness (QED) is 0.885. The molecule has 1 fully saturated rings. The van der Waals surface area contributed by atoms with Gasteiger partial charge < -0.3 is 5.32 Å². The molecule has 0 radical (unpaired) electrons. The molecule has 0 spiro atoms. The Morgan fingerprint density at radius 3 is 2.88 bits per heavy atom. The van der Waals surface area contributed by atoms with E-state index in [0.29, 0.717) is 12.1 Å². The van der Waals surface area contributed by atoms with E-state index in [2.05, 4.69) is 42.6 Å². The molecule has 1 aliphatic carbocycles. The summed E-state index contributed by atoms with van der Waals surface area (Å²) < 4.78 is 0. The SMILES string of the molecule is CCC1CC1NC1=NC(c2ccccc2)CS1. The van der Waals surface area contributed by atoms with Crippen molar-refractivity contribution < 1.29 is 0 Å². The molecule has 2 aliphatic rings. The number of hydrogen-bond donors (Lipinski definition) is 1. The fourth-order valence-electron chi connectivity index (χ4n) is 2.33. The second kappa shape index (κ2) is 4.73. The maximum Gasteiger partial charge on any atom is 0.157 e. The monoisotopic (exact) mass is 246 g/mol. The molecule has 3 unspecified atom stereocenters. The maximum atomic E-state index is 4.78. The van der Waals surface area contributed by atoms with Crippen LogP contribution < -0.4 is 5.32 Å². The highest BCUT2D eigenvalue weighted by Gasteiger charge is 2.36. The van der Waals surface area contributed by atoms with Crippen LogP contribution in [0.4, 0.5) is 0 Å². The van der Waals surface area contributed by atoms with Crippen LogP contribution in [0, 0.1) is 5.92 Å². The molecular weight excluding hydrogens is 228 g/mol. The number of amidine groups is 1. The number of nitrogens with zero attached hydrogens (tertiary/aromatic N) is 1. The Morgan fingerprint density at radius 1 is 1.35 bits per heavy atom. The highest BCUT2D eigenvalue weighted by molar-refractivity contribution is 8.14. The van der Waals surface area contributed by atoms with Gasteiger partial charge in [-0.25, -0.2) is 0 Å². The normalized spacial score (nSPS) is 31.1. The van der Waals surface area contributed by atoms with E-state index in [1.807, 2.05) is 11.8 Å². The minimum Gasteiger partial charge on any atom is -0.362 e. The Morgan fingerprint density at radius 2 is 2.18 bits per heavy atom. The second-order valence-corrected chi connectivity index (χ2v) is 5.84. The second-order valence-electron chi connectivity index (χ2n) is 4.83. The van der Waals surface area contributed by atoms with Crippen LogP contribution in [0.1, 0.15) is 31.4 Å². The van der Waals surface area contributed by atoms with Crippen molar-refractivity contribution in [1.82, 2.24) is 5.32 Å². The van der Waals surface area contributed by atoms with Gasteiger partial charge in [-0.2, -0.15) is 0 Å². The van der Waals surface area contributed by atoms with Gasteiger partial charge in [-0.15, -0.1) is 0 Å². The molecule has 3 rings (SSSR count). The number of benzene rings is 1. The minimum atomic E-state index is 0.350. The lowest BCUT2D eigenvalue weighted by molar-refractivity contribution is 0.723. The van der Waals surface area contributed by atoms with Crippen molar-refractivity contribution in [1.29, 1.82) is 0 Å². The van der Waals surface area contributed by atoms with Gasteiger partial charge in [-0.1, -0.05) is 55.4 Å². The van der Waals surface area contributed by atoms with Crippen molar-refractivity contribution in [2.45, 2.75) is 31.8 Å². The zero-order valence-corrected chi connectivity index (χ0v) is 10.9. The molecule has 1 N–H and O–H groups in total. The number of nitrogens with one attached hydrogen (secondary N) is 1. The van der Waals surface area contributed by atoms with Crippen LogP contribution in [0.25, 0.3) is 0 Å². The molecule has 3 atom stereocenters. The van der Waals surface area contributed by atoms with Crippen LogP contribution in [0.2, 0.25) is 0 Å². The molecule has 1 aromatic carbocycles. The molecule has 1 aliphatic heterocycles. The molecule has 2 nitrogen and oxygen atoms in total. The first-order valence-corrected chi connectivity index (χ1v) is 7.37. The van der Waals surface area contributed by atoms with E-state index in [4.69, 9.17) is 4.99 Å². The van der Waals surface area contributed by atoms with E-state index in [1.54, 1.807) is 0 Å². The van der Waals surface area contributed by atoms with Gasteiger partial charge in [-0.05, 0) is 17.9 Å². The Balaban J connectivity index is 1.62. The molecule has 0 bridgehead atoms. The summed E-state index contributed by atoms with van der Waals surface area (Å²) >= 11 is 1.87. The number of thioether (sulfide) groups is 1. The van der Waals surface area contributed by atoms with Crippen LogP contribution in [0.15, 0.2) is 35.3 Å². The molecule has 0 aromatic heterocycles. The van der Waals surface area contributed by atoms with Crippen molar-refractivity contribution >= 4 is 16.9 Å². The third-order valence-corrected chi connectivity index (χ3v) is 4.57. The molecule has 0 saturated heterocycles. The van der Waals surface area contributed by atoms with E-state index in [1.165, 1.54) is 18.4 Å². The summed E-state index contributed by atoms with van der Waals surface area (Å²) in [5.41, 5.74) is 1.33. The maximum absolute atomic E-state index is 4.78. The van der Waals surface area contributed by atoms with E-state index < -0.39 is 0 Å². The number of rotatable bonds is 3. The van der Waals surface area contributed by atoms with E-state index in [0.717, 1.165) is 16.8 Å². The van der Waals surface area contributed by atoms with Gasteiger partial charge in [0.05, 0.1) is 6.04 Å². The summed E-state index contributed by atoms with van der Waals surface area (Å²) in [5.74, 6) is 1.96. The zero-order valence-electron chi connectivity index (χ0n) is 10.1. The Labute approximate surface area is 107 Å². The highest BCUT2D eigenvalue weighted by Crippen LogP contribution is 2.36. The summed E-state index contributed by atoms with van der Waals surface area (Å²) in [6.45, 7) is 2.27. The Kier molecular flexibility index (Phi) is 3.10. The van der Waals surface area contributed by atoms with E-state index in [9.17, 15) is 0 Å². The predicted molar refractivity (Wildman–Crippen MR) is 74.4 cm³/mol. The van der Waals surface area contributed by atoms with Crippen LogP contribution in [0.3, 0.4) is 0 Å². The average molecular weight is 246 g/mol. The summed E-state index contributed by atoms with van der Waals surface area (Å²) in [7, 11) is 0. The third kappa shape index (κ3) is 2.49. The van der Waals surface area contributed by atoms with Crippen molar-refractivity contribution in [3.63, 3.8) is 0 Å². The topological polar surface area (TPSA) is 24.4 Å². The summed E-state index contributed by atoms with van der Waals surface area (Å²) in [5, 5.41) is 4.72. The molecular formula is C14H18N2S. The van der Waals surface area contributed by atoms with Crippen molar-refractivity contribution in [2.24, 2.45) is 10.9 Å². The predicted octanol–water partition coefficient (Wildman–Crippen LogP) is 3.22. The molecule has 1 aromatic rings. The van der Waals surface area contributed by atoms with Gasteiger partial charge in [0.15, 0.2) is 5.17 Å². The van der Waals surface area contributed by atoms with Crippen LogP contribution in [0.5, 0.6) is 0 Å². The number of aliphatic imine (C=N–C) groups is 1. The van der Waals surface area contributed by atoms with E-state index in [-0.39, 0.29) is 0 Å². The van der Waals surface area contributed by atoms with Gasteiger partial charge in [0.2, 0.25) is 0 Å². The standard InChI is InChI=1S/C14H18N2S/c1-2-10-8-12(10)15-14-16-13(9-17-14)11-6-4-3-5-7-11/h3-7,10,12-13H,2,8-9H2,1H3,(H,15,16). The van der Waals surface area contributed by atoms with Gasteiger partial charge in [-0.3, -0.25) is 4.99 Å². The van der Waals surface area contributed by atoms with Gasteiger partial charge in [0.25, 0.3) is 0 Å².